The van der Waals surface area contributed by atoms with Gasteiger partial charge in [0.15, 0.2) is 0 Å². The van der Waals surface area contributed by atoms with E-state index in [1.165, 1.54) is 43.2 Å². The van der Waals surface area contributed by atoms with Crippen molar-refractivity contribution in [3.63, 3.8) is 0 Å². The molecule has 4 nitrogen and oxygen atoms in total. The highest BCUT2D eigenvalue weighted by Crippen LogP contribution is 2.33. The zero-order valence-electron chi connectivity index (χ0n) is 17.3. The lowest BCUT2D eigenvalue weighted by Gasteiger charge is -2.35. The first kappa shape index (κ1) is 21.4. The van der Waals surface area contributed by atoms with Crippen LogP contribution in [-0.4, -0.2) is 41.4 Å². The fourth-order valence-corrected chi connectivity index (χ4v) is 4.24. The summed E-state index contributed by atoms with van der Waals surface area (Å²) in [6, 6.07) is 19.2. The molecule has 1 saturated carbocycles. The van der Waals surface area contributed by atoms with E-state index in [9.17, 15) is 10.2 Å². The van der Waals surface area contributed by atoms with Gasteiger partial charge in [-0.05, 0) is 42.0 Å². The lowest BCUT2D eigenvalue weighted by Crippen LogP contribution is -2.38. The minimum absolute atomic E-state index is 0.0255. The maximum atomic E-state index is 9.43. The fourth-order valence-electron chi connectivity index (χ4n) is 4.24. The molecule has 1 aliphatic rings. The number of para-hydroxylation sites is 1. The van der Waals surface area contributed by atoms with Gasteiger partial charge in [0.05, 0.1) is 13.2 Å². The van der Waals surface area contributed by atoms with Crippen LogP contribution in [0.2, 0.25) is 0 Å². The predicted molar refractivity (Wildman–Crippen MR) is 120 cm³/mol. The quantitative estimate of drug-likeness (QED) is 0.623. The van der Waals surface area contributed by atoms with Crippen LogP contribution in [0.3, 0.4) is 0 Å². The van der Waals surface area contributed by atoms with E-state index in [4.69, 9.17) is 0 Å². The molecule has 0 bridgehead atoms. The number of hydrogen-bond donors (Lipinski definition) is 2. The summed E-state index contributed by atoms with van der Waals surface area (Å²) < 4.78 is 0. The van der Waals surface area contributed by atoms with Crippen molar-refractivity contribution in [2.75, 3.05) is 31.2 Å². The highest BCUT2D eigenvalue weighted by atomic mass is 16.3. The van der Waals surface area contributed by atoms with Crippen LogP contribution in [0, 0.1) is 0 Å². The molecule has 2 aromatic carbocycles. The molecule has 0 amide bonds. The number of rotatable bonds is 10. The number of aliphatic hydroxyl groups is 2. The summed E-state index contributed by atoms with van der Waals surface area (Å²) in [6.45, 7) is 5.93. The third-order valence-electron chi connectivity index (χ3n) is 5.88. The highest BCUT2D eigenvalue weighted by molar-refractivity contribution is 5.51. The molecule has 0 unspecified atom stereocenters. The topological polar surface area (TPSA) is 46.9 Å². The van der Waals surface area contributed by atoms with Crippen LogP contribution in [-0.2, 0) is 6.54 Å². The summed E-state index contributed by atoms with van der Waals surface area (Å²) in [4.78, 5) is 4.09. The molecule has 0 atom stereocenters. The van der Waals surface area contributed by atoms with E-state index in [0.29, 0.717) is 25.6 Å². The molecule has 2 aromatic rings. The Hall–Kier alpha value is -2.30. The van der Waals surface area contributed by atoms with E-state index in [1.807, 2.05) is 23.1 Å². The van der Waals surface area contributed by atoms with Crippen LogP contribution in [0.25, 0.3) is 0 Å². The number of aliphatic hydroxyl groups excluding tert-OH is 2. The summed E-state index contributed by atoms with van der Waals surface area (Å²) >= 11 is 0. The van der Waals surface area contributed by atoms with Crippen molar-refractivity contribution in [1.29, 1.82) is 0 Å². The molecule has 0 aromatic heterocycles. The average molecular weight is 395 g/mol. The summed E-state index contributed by atoms with van der Waals surface area (Å²) in [6.07, 6.45) is 6.69. The van der Waals surface area contributed by atoms with Gasteiger partial charge in [0.2, 0.25) is 0 Å². The van der Waals surface area contributed by atoms with E-state index >= 15 is 0 Å². The van der Waals surface area contributed by atoms with E-state index in [1.54, 1.807) is 0 Å². The Morgan fingerprint density at radius 1 is 0.862 bits per heavy atom. The molecule has 1 fully saturated rings. The van der Waals surface area contributed by atoms with Gasteiger partial charge in [0.1, 0.15) is 5.82 Å². The first-order valence-electron chi connectivity index (χ1n) is 10.8. The second kappa shape index (κ2) is 11.0. The molecule has 0 heterocycles. The van der Waals surface area contributed by atoms with E-state index in [0.717, 1.165) is 11.5 Å². The number of benzene rings is 2. The molecule has 0 aliphatic heterocycles. The zero-order chi connectivity index (χ0) is 20.5. The van der Waals surface area contributed by atoms with Crippen molar-refractivity contribution >= 4 is 5.69 Å². The first-order chi connectivity index (χ1) is 14.2. The molecule has 2 N–H and O–H groups in total. The molecule has 29 heavy (non-hydrogen) atoms. The van der Waals surface area contributed by atoms with Gasteiger partial charge in [-0.2, -0.15) is 0 Å². The Balaban J connectivity index is 1.78. The van der Waals surface area contributed by atoms with Gasteiger partial charge in [-0.15, -0.1) is 0 Å². The van der Waals surface area contributed by atoms with E-state index in [-0.39, 0.29) is 13.2 Å². The van der Waals surface area contributed by atoms with Crippen molar-refractivity contribution < 1.29 is 10.2 Å². The Labute approximate surface area is 175 Å². The third kappa shape index (κ3) is 5.84. The summed E-state index contributed by atoms with van der Waals surface area (Å²) in [5.74, 6) is 1.50. The van der Waals surface area contributed by atoms with Gasteiger partial charge in [-0.25, -0.2) is 0 Å². The van der Waals surface area contributed by atoms with Crippen LogP contribution in [0.15, 0.2) is 67.0 Å². The molecule has 1 aliphatic carbocycles. The minimum Gasteiger partial charge on any atom is -0.395 e. The second-order valence-corrected chi connectivity index (χ2v) is 7.85. The maximum Gasteiger partial charge on any atom is 0.101 e. The molecule has 3 rings (SSSR count). The molecular formula is C25H34N2O2. The highest BCUT2D eigenvalue weighted by Gasteiger charge is 2.18. The van der Waals surface area contributed by atoms with Gasteiger partial charge >= 0.3 is 0 Å². The Morgan fingerprint density at radius 2 is 1.48 bits per heavy atom. The van der Waals surface area contributed by atoms with Crippen molar-refractivity contribution in [2.45, 2.75) is 44.6 Å². The predicted octanol–water partition coefficient (Wildman–Crippen LogP) is 4.50. The Kier molecular flexibility index (Phi) is 8.14. The average Bonchev–Trinajstić information content (AvgIpc) is 2.78. The zero-order valence-corrected chi connectivity index (χ0v) is 17.3. The second-order valence-electron chi connectivity index (χ2n) is 7.85. The largest absolute Gasteiger partial charge is 0.395 e. The lowest BCUT2D eigenvalue weighted by atomic mass is 9.84. The Morgan fingerprint density at radius 3 is 2.07 bits per heavy atom. The maximum absolute atomic E-state index is 9.43. The van der Waals surface area contributed by atoms with Crippen LogP contribution < -0.4 is 4.90 Å². The number of anilines is 1. The van der Waals surface area contributed by atoms with Crippen LogP contribution in [0.5, 0.6) is 0 Å². The van der Waals surface area contributed by atoms with Gasteiger partial charge in [0.25, 0.3) is 0 Å². The van der Waals surface area contributed by atoms with Crippen LogP contribution >= 0.6 is 0 Å². The summed E-state index contributed by atoms with van der Waals surface area (Å²) in [7, 11) is 0. The standard InChI is InChI=1S/C25H34N2O2/c1-21(26(16-18-28)17-19-29)27(25-10-6-3-7-11-25)20-22-12-14-24(15-13-22)23-8-4-2-5-9-23/h3,6-7,10-15,23,28-29H,1-2,4-5,8-9,16-20H2. The number of nitrogens with zero attached hydrogens (tertiary/aromatic N) is 2. The van der Waals surface area contributed by atoms with E-state index in [2.05, 4.69) is 47.9 Å². The molecule has 4 heteroatoms. The molecule has 0 saturated heterocycles. The van der Waals surface area contributed by atoms with Crippen LogP contribution in [0.4, 0.5) is 5.69 Å². The van der Waals surface area contributed by atoms with Crippen molar-refractivity contribution in [3.05, 3.63) is 78.1 Å². The molecule has 156 valence electrons. The van der Waals surface area contributed by atoms with Crippen molar-refractivity contribution in [2.24, 2.45) is 0 Å². The van der Waals surface area contributed by atoms with Gasteiger partial charge in [-0.1, -0.05) is 68.3 Å². The van der Waals surface area contributed by atoms with Crippen LogP contribution in [0.1, 0.15) is 49.1 Å². The van der Waals surface area contributed by atoms with Gasteiger partial charge < -0.3 is 20.0 Å². The Bertz CT molecular complexity index is 733. The van der Waals surface area contributed by atoms with Gasteiger partial charge in [0, 0.05) is 25.3 Å². The van der Waals surface area contributed by atoms with Crippen molar-refractivity contribution in [3.8, 4) is 0 Å². The van der Waals surface area contributed by atoms with Crippen molar-refractivity contribution in [1.82, 2.24) is 4.90 Å². The van der Waals surface area contributed by atoms with Gasteiger partial charge in [-0.3, -0.25) is 0 Å². The lowest BCUT2D eigenvalue weighted by molar-refractivity contribution is 0.186. The molecular weight excluding hydrogens is 360 g/mol. The first-order valence-corrected chi connectivity index (χ1v) is 10.8. The SMILES string of the molecule is C=C(N(CCO)CCO)N(Cc1ccc(C2CCCCC2)cc1)c1ccccc1. The third-order valence-corrected chi connectivity index (χ3v) is 5.88. The molecule has 0 radical (unpaired) electrons. The van der Waals surface area contributed by atoms with E-state index < -0.39 is 0 Å². The monoisotopic (exact) mass is 394 g/mol. The number of hydrogen-bond acceptors (Lipinski definition) is 4. The fraction of sp³-hybridized carbons (Fsp3) is 0.440. The smallest absolute Gasteiger partial charge is 0.101 e. The normalized spacial score (nSPS) is 14.6. The molecule has 0 spiro atoms. The minimum atomic E-state index is 0.0255. The summed E-state index contributed by atoms with van der Waals surface area (Å²) in [5, 5.41) is 18.9. The summed E-state index contributed by atoms with van der Waals surface area (Å²) in [5.41, 5.74) is 3.73.